The lowest BCUT2D eigenvalue weighted by atomic mass is 9.83. The van der Waals surface area contributed by atoms with Crippen molar-refractivity contribution in [2.45, 2.75) is 82.3 Å². The normalized spacial score (nSPS) is 18.3. The van der Waals surface area contributed by atoms with Gasteiger partial charge in [-0.1, -0.05) is 19.3 Å². The Hall–Kier alpha value is 3.31. The number of likely N-dealkylation sites (tertiary alicyclic amines) is 2. The molecule has 8 rings (SSSR count). The first-order chi connectivity index (χ1) is 38.7. The molecule has 0 amide bonds. The van der Waals surface area contributed by atoms with Gasteiger partial charge in [0.15, 0.2) is 15.6 Å². The Balaban J connectivity index is 0.000000201. The molecule has 452 valence electrons. The van der Waals surface area contributed by atoms with Crippen LogP contribution in [0.4, 0.5) is 0 Å². The number of nitrogens with zero attached hydrogens (tertiary/aromatic N) is 3. The number of nitrogens with two attached hydrogens (primary N) is 1. The molecule has 0 aromatic heterocycles. The Morgan fingerprint density at radius 2 is 1.05 bits per heavy atom. The summed E-state index contributed by atoms with van der Waals surface area (Å²) < 4.78 is 56.9. The Morgan fingerprint density at radius 3 is 1.55 bits per heavy atom. The van der Waals surface area contributed by atoms with Gasteiger partial charge < -0.3 is 39.4 Å². The minimum atomic E-state index is -2.82. The van der Waals surface area contributed by atoms with Crippen LogP contribution in [0.3, 0.4) is 0 Å². The van der Waals surface area contributed by atoms with Gasteiger partial charge >= 0.3 is 23.9 Å². The Morgan fingerprint density at radius 1 is 0.573 bits per heavy atom. The molecule has 14 nitrogen and oxygen atoms in total. The number of unbranched alkanes of at least 4 members (excludes halogenated alkanes) is 1. The molecule has 1 saturated carbocycles. The van der Waals surface area contributed by atoms with Gasteiger partial charge in [-0.05, 0) is 398 Å². The van der Waals surface area contributed by atoms with Crippen LogP contribution in [-0.4, -0.2) is 143 Å². The molecule has 4 aromatic rings. The highest BCUT2D eigenvalue weighted by Crippen LogP contribution is 2.34. The van der Waals surface area contributed by atoms with Crippen molar-refractivity contribution in [1.29, 1.82) is 0 Å². The highest BCUT2D eigenvalue weighted by atomic mass is 127. The lowest BCUT2D eigenvalue weighted by molar-refractivity contribution is -0.141. The smallest absolute Gasteiger partial charge is 0.340 e. The topological polar surface area (TPSA) is 175 Å². The number of carbonyl (C=O) groups excluding carboxylic acids is 4. The van der Waals surface area contributed by atoms with Gasteiger partial charge in [0.2, 0.25) is 0 Å². The number of carbonyl (C=O) groups is 4. The summed E-state index contributed by atoms with van der Waals surface area (Å²) in [4.78, 5) is 56.0. The number of piperidine rings is 2. The summed E-state index contributed by atoms with van der Waals surface area (Å²) in [5.41, 5.74) is 7.47. The average Bonchev–Trinajstić information content (AvgIpc) is 3.62. The minimum absolute atomic E-state index is 0.0631. The predicted octanol–water partition coefficient (Wildman–Crippen LogP) is 15.0. The fourth-order valence-electron chi connectivity index (χ4n) is 8.99. The van der Waals surface area contributed by atoms with Gasteiger partial charge in [-0.25, -0.2) is 27.6 Å². The summed E-state index contributed by atoms with van der Waals surface area (Å²) in [6.07, 6.45) is 10.6. The van der Waals surface area contributed by atoms with Crippen molar-refractivity contribution in [2.75, 3.05) is 84.6 Å². The summed E-state index contributed by atoms with van der Waals surface area (Å²) in [5, 5.41) is 0. The monoisotopic (exact) mass is 2490 g/mol. The third kappa shape index (κ3) is 24.7. The van der Waals surface area contributed by atoms with Crippen molar-refractivity contribution in [3.05, 3.63) is 108 Å². The van der Waals surface area contributed by atoms with E-state index in [1.165, 1.54) is 6.42 Å². The zero-order valence-electron chi connectivity index (χ0n) is 44.8. The van der Waals surface area contributed by atoms with Crippen molar-refractivity contribution < 1.29 is 46.5 Å². The van der Waals surface area contributed by atoms with E-state index in [4.69, 9.17) is 24.7 Å². The number of halogens is 12. The third-order valence-corrected chi connectivity index (χ3v) is 29.4. The first-order valence-electron chi connectivity index (χ1n) is 26.1. The molecular formula is C55H62I12N4O10S. The molecule has 3 heterocycles. The number of benzene rings is 4. The van der Waals surface area contributed by atoms with Crippen LogP contribution in [0.1, 0.15) is 102 Å². The number of hydrogen-bond acceptors (Lipinski definition) is 14. The van der Waals surface area contributed by atoms with Crippen LogP contribution >= 0.6 is 271 Å². The zero-order chi connectivity index (χ0) is 60.5. The molecule has 0 spiro atoms. The molecule has 1 atom stereocenters. The van der Waals surface area contributed by atoms with Gasteiger partial charge in [-0.2, -0.15) is 0 Å². The van der Waals surface area contributed by atoms with Crippen molar-refractivity contribution in [2.24, 2.45) is 11.7 Å². The molecule has 0 bridgehead atoms. The molecule has 1 aliphatic carbocycles. The first-order valence-corrected chi connectivity index (χ1v) is 40.9. The van der Waals surface area contributed by atoms with E-state index in [-0.39, 0.29) is 41.5 Å². The number of esters is 4. The van der Waals surface area contributed by atoms with E-state index >= 15 is 0 Å². The van der Waals surface area contributed by atoms with Crippen LogP contribution in [0.15, 0.2) is 48.5 Å². The van der Waals surface area contributed by atoms with Crippen LogP contribution in [0.5, 0.6) is 5.75 Å². The van der Waals surface area contributed by atoms with E-state index < -0.39 is 15.4 Å². The fraction of sp³-hybridized carbons (Fsp3) is 0.491. The summed E-state index contributed by atoms with van der Waals surface area (Å²) in [6.45, 7) is 7.17. The second-order valence-corrected chi connectivity index (χ2v) is 36.2. The van der Waals surface area contributed by atoms with E-state index in [9.17, 15) is 27.6 Å². The van der Waals surface area contributed by atoms with Crippen molar-refractivity contribution in [3.8, 4) is 5.75 Å². The number of hydrogen-bond donors (Lipinski definition) is 1. The van der Waals surface area contributed by atoms with Crippen LogP contribution < -0.4 is 10.5 Å². The van der Waals surface area contributed by atoms with E-state index in [1.807, 2.05) is 48.5 Å². The molecule has 3 saturated heterocycles. The Kier molecular flexibility index (Phi) is 35.1. The summed E-state index contributed by atoms with van der Waals surface area (Å²) in [5.74, 6) is 0.692. The molecule has 0 radical (unpaired) electrons. The van der Waals surface area contributed by atoms with Crippen LogP contribution in [0.2, 0.25) is 0 Å². The average molecular weight is 2490 g/mol. The van der Waals surface area contributed by atoms with E-state index in [0.717, 1.165) is 140 Å². The van der Waals surface area contributed by atoms with Crippen LogP contribution in [-0.2, 0) is 28.8 Å². The number of rotatable bonds is 13. The molecule has 2 N–H and O–H groups in total. The molecule has 27 heteroatoms. The fourth-order valence-corrected chi connectivity index (χ4v) is 21.0. The van der Waals surface area contributed by atoms with Gasteiger partial charge in [-0.3, -0.25) is 0 Å². The molecule has 82 heavy (non-hydrogen) atoms. The highest BCUT2D eigenvalue weighted by molar-refractivity contribution is 14.1. The van der Waals surface area contributed by atoms with Crippen LogP contribution in [0.25, 0.3) is 0 Å². The second kappa shape index (κ2) is 37.9. The van der Waals surface area contributed by atoms with Crippen molar-refractivity contribution in [1.82, 2.24) is 14.7 Å². The largest absolute Gasteiger partial charge is 0.462 e. The molecule has 1 unspecified atom stereocenters. The quantitative estimate of drug-likeness (QED) is 0.0334. The lowest BCUT2D eigenvalue weighted by Gasteiger charge is -2.30. The predicted molar refractivity (Wildman–Crippen MR) is 425 cm³/mol. The molecular weight excluding hydrogens is 2430 g/mol. The van der Waals surface area contributed by atoms with Crippen molar-refractivity contribution >= 4 is 305 Å². The molecule has 4 fully saturated rings. The second-order valence-electron chi connectivity index (χ2n) is 20.1. The van der Waals surface area contributed by atoms with Gasteiger partial charge in [0.1, 0.15) is 11.6 Å². The van der Waals surface area contributed by atoms with Gasteiger partial charge in [0, 0.05) is 74.3 Å². The van der Waals surface area contributed by atoms with E-state index in [1.54, 1.807) is 0 Å². The van der Waals surface area contributed by atoms with Gasteiger partial charge in [0.25, 0.3) is 0 Å². The van der Waals surface area contributed by atoms with E-state index in [2.05, 4.69) is 300 Å². The highest BCUT2D eigenvalue weighted by Gasteiger charge is 2.38. The van der Waals surface area contributed by atoms with Crippen LogP contribution in [0, 0.1) is 48.8 Å². The van der Waals surface area contributed by atoms with Gasteiger partial charge in [0.05, 0.1) is 48.6 Å². The maximum Gasteiger partial charge on any atom is 0.340 e. The number of ether oxygens (including phenoxy) is 4. The SMILES string of the molecule is CN1CCC(OC(=O)c2c(I)ccc(I)c2I)CC1.CN1CCCC(COC(=O)c2c(I)ccc(I)c2I)C1.NC1(C(=O)Oc2c(I)cc(I)cc2I)CCCCC1.O=C(OCCCCN1CCS(=O)(=O)CC1)c1c(I)ccc(I)c1I. The molecule has 3 aliphatic heterocycles. The third-order valence-electron chi connectivity index (χ3n) is 13.7. The van der Waals surface area contributed by atoms with Gasteiger partial charge in [-0.15, -0.1) is 0 Å². The zero-order valence-corrected chi connectivity index (χ0v) is 71.5. The van der Waals surface area contributed by atoms with Crippen molar-refractivity contribution in [3.63, 3.8) is 0 Å². The van der Waals surface area contributed by atoms with E-state index in [0.29, 0.717) is 54.7 Å². The summed E-state index contributed by atoms with van der Waals surface area (Å²) >= 11 is 26.5. The standard InChI is InChI=1S/C15H18I3NO4S.C14H16I3NO2.2C13H14I3NO2/c16-11-3-4-12(17)14(18)13(11)15(20)23-8-2-1-5-19-6-9-24(21,22)10-7-19;1-18-6-2-3-9(7-18)8-20-14(19)12-10(15)4-5-11(16)13(12)17;1-17-6-4-8(5-7-17)19-13(18)11-9(14)2-3-10(15)12(11)16;14-8-6-9(15)11(10(16)7-8)19-12(18)13(17)4-2-1-3-5-13/h3-4H,1-2,5-10H2;4-5,9H,2-3,6-8H2,1H3;2-3,8H,4-7H2,1H3;6-7H,1-5,17H2. The maximum absolute atomic E-state index is 12.3. The molecule has 4 aromatic carbocycles. The summed E-state index contributed by atoms with van der Waals surface area (Å²) in [7, 11) is 1.41. The summed E-state index contributed by atoms with van der Waals surface area (Å²) in [6, 6.07) is 15.9. The minimum Gasteiger partial charge on any atom is -0.462 e. The first kappa shape index (κ1) is 76.0. The number of sulfone groups is 1. The molecule has 4 aliphatic rings. The Bertz CT molecular complexity index is 2950. The Labute approximate surface area is 646 Å². The lowest BCUT2D eigenvalue weighted by Crippen LogP contribution is -2.51. The maximum atomic E-state index is 12.3.